The van der Waals surface area contributed by atoms with Crippen LogP contribution in [0.25, 0.3) is 0 Å². The zero-order valence-corrected chi connectivity index (χ0v) is 15.7. The molecular weight excluding hydrogens is 365 g/mol. The van der Waals surface area contributed by atoms with E-state index in [0.29, 0.717) is 46.0 Å². The number of hydrogen-bond acceptors (Lipinski definition) is 4. The summed E-state index contributed by atoms with van der Waals surface area (Å²) in [6.45, 7) is 0.762. The molecule has 134 valence electrons. The first-order chi connectivity index (χ1) is 12.0. The Hall–Kier alpha value is -2.11. The molecule has 1 amide bonds. The number of halogens is 2. The van der Waals surface area contributed by atoms with Crippen LogP contribution in [0.1, 0.15) is 10.4 Å². The summed E-state index contributed by atoms with van der Waals surface area (Å²) in [5.41, 5.74) is 0.414. The van der Waals surface area contributed by atoms with E-state index in [1.165, 1.54) is 14.2 Å². The van der Waals surface area contributed by atoms with Crippen molar-refractivity contribution in [1.82, 2.24) is 4.90 Å². The molecule has 25 heavy (non-hydrogen) atoms. The molecular formula is C18H19Cl2NO4. The van der Waals surface area contributed by atoms with Gasteiger partial charge in [-0.15, -0.1) is 0 Å². The van der Waals surface area contributed by atoms with E-state index in [2.05, 4.69) is 0 Å². The number of carbonyl (C=O) groups is 1. The van der Waals surface area contributed by atoms with E-state index in [1.54, 1.807) is 48.3 Å². The number of methoxy groups -OCH3 is 2. The van der Waals surface area contributed by atoms with E-state index in [9.17, 15) is 4.79 Å². The first kappa shape index (κ1) is 19.2. The van der Waals surface area contributed by atoms with Crippen LogP contribution < -0.4 is 14.2 Å². The van der Waals surface area contributed by atoms with Crippen LogP contribution in [0, 0.1) is 0 Å². The third-order valence-electron chi connectivity index (χ3n) is 3.54. The SMILES string of the molecule is COc1cc(C(=O)N(C)CCOc2ccc(Cl)cc2)cc(Cl)c1OC. The van der Waals surface area contributed by atoms with Gasteiger partial charge in [-0.25, -0.2) is 0 Å². The van der Waals surface area contributed by atoms with Crippen LogP contribution in [0.5, 0.6) is 17.2 Å². The normalized spacial score (nSPS) is 10.3. The van der Waals surface area contributed by atoms with Crippen LogP contribution >= 0.6 is 23.2 Å². The summed E-state index contributed by atoms with van der Waals surface area (Å²) < 4.78 is 16.0. The van der Waals surface area contributed by atoms with Gasteiger partial charge in [-0.3, -0.25) is 4.79 Å². The number of amides is 1. The lowest BCUT2D eigenvalue weighted by molar-refractivity contribution is 0.0773. The van der Waals surface area contributed by atoms with Crippen LogP contribution in [0.2, 0.25) is 10.0 Å². The highest BCUT2D eigenvalue weighted by atomic mass is 35.5. The summed E-state index contributed by atoms with van der Waals surface area (Å²) in [6, 6.07) is 10.2. The standard InChI is InChI=1S/C18H19Cl2NO4/c1-21(8-9-25-14-6-4-13(19)5-7-14)18(22)12-10-15(20)17(24-3)16(11-12)23-2/h4-7,10-11H,8-9H2,1-3H3. The van der Waals surface area contributed by atoms with Crippen molar-refractivity contribution in [3.05, 3.63) is 52.0 Å². The topological polar surface area (TPSA) is 48.0 Å². The number of likely N-dealkylation sites (N-methyl/N-ethyl adjacent to an activating group) is 1. The zero-order valence-electron chi connectivity index (χ0n) is 14.2. The smallest absolute Gasteiger partial charge is 0.253 e. The molecule has 0 aliphatic carbocycles. The molecule has 0 unspecified atom stereocenters. The zero-order chi connectivity index (χ0) is 18.4. The molecule has 2 aromatic rings. The Morgan fingerprint density at radius 1 is 1.08 bits per heavy atom. The largest absolute Gasteiger partial charge is 0.493 e. The van der Waals surface area contributed by atoms with Gasteiger partial charge in [0, 0.05) is 17.6 Å². The molecule has 0 aliphatic heterocycles. The summed E-state index contributed by atoms with van der Waals surface area (Å²) in [7, 11) is 4.68. The summed E-state index contributed by atoms with van der Waals surface area (Å²) in [5.74, 6) is 1.31. The maximum Gasteiger partial charge on any atom is 0.253 e. The number of nitrogens with zero attached hydrogens (tertiary/aromatic N) is 1. The van der Waals surface area contributed by atoms with Crippen LogP contribution in [-0.4, -0.2) is 45.2 Å². The predicted octanol–water partition coefficient (Wildman–Crippen LogP) is 4.16. The maximum atomic E-state index is 12.5. The third-order valence-corrected chi connectivity index (χ3v) is 4.07. The van der Waals surface area contributed by atoms with Gasteiger partial charge in [0.05, 0.1) is 25.8 Å². The van der Waals surface area contributed by atoms with E-state index >= 15 is 0 Å². The Balaban J connectivity index is 1.99. The highest BCUT2D eigenvalue weighted by molar-refractivity contribution is 6.32. The summed E-state index contributed by atoms with van der Waals surface area (Å²) in [6.07, 6.45) is 0. The van der Waals surface area contributed by atoms with Crippen molar-refractivity contribution >= 4 is 29.1 Å². The minimum Gasteiger partial charge on any atom is -0.493 e. The lowest BCUT2D eigenvalue weighted by Gasteiger charge is -2.19. The molecule has 0 aromatic heterocycles. The van der Waals surface area contributed by atoms with E-state index in [4.69, 9.17) is 37.4 Å². The molecule has 0 saturated heterocycles. The average molecular weight is 384 g/mol. The number of carbonyl (C=O) groups excluding carboxylic acids is 1. The van der Waals surface area contributed by atoms with Crippen LogP contribution in [0.3, 0.4) is 0 Å². The maximum absolute atomic E-state index is 12.5. The second kappa shape index (κ2) is 8.83. The van der Waals surface area contributed by atoms with Crippen LogP contribution in [-0.2, 0) is 0 Å². The fourth-order valence-electron chi connectivity index (χ4n) is 2.19. The first-order valence-electron chi connectivity index (χ1n) is 7.51. The second-order valence-corrected chi connectivity index (χ2v) is 6.07. The molecule has 7 heteroatoms. The van der Waals surface area contributed by atoms with Gasteiger partial charge in [0.1, 0.15) is 12.4 Å². The molecule has 2 aromatic carbocycles. The molecule has 0 heterocycles. The van der Waals surface area contributed by atoms with Gasteiger partial charge >= 0.3 is 0 Å². The lowest BCUT2D eigenvalue weighted by atomic mass is 10.1. The monoisotopic (exact) mass is 383 g/mol. The van der Waals surface area contributed by atoms with Gasteiger partial charge < -0.3 is 19.1 Å². The Morgan fingerprint density at radius 2 is 1.76 bits per heavy atom. The fraction of sp³-hybridized carbons (Fsp3) is 0.278. The van der Waals surface area contributed by atoms with E-state index < -0.39 is 0 Å². The van der Waals surface area contributed by atoms with Gasteiger partial charge in [0.25, 0.3) is 5.91 Å². The van der Waals surface area contributed by atoms with E-state index in [0.717, 1.165) is 0 Å². The molecule has 2 rings (SSSR count). The van der Waals surface area contributed by atoms with E-state index in [-0.39, 0.29) is 5.91 Å². The highest BCUT2D eigenvalue weighted by Gasteiger charge is 2.18. The number of rotatable bonds is 7. The average Bonchev–Trinajstić information content (AvgIpc) is 2.61. The van der Waals surface area contributed by atoms with Gasteiger partial charge in [-0.1, -0.05) is 23.2 Å². The van der Waals surface area contributed by atoms with Crippen molar-refractivity contribution in [2.45, 2.75) is 0 Å². The second-order valence-electron chi connectivity index (χ2n) is 5.22. The molecule has 0 aliphatic rings. The van der Waals surface area contributed by atoms with Gasteiger partial charge in [-0.2, -0.15) is 0 Å². The summed E-state index contributed by atoms with van der Waals surface area (Å²) in [5, 5.41) is 0.959. The molecule has 5 nitrogen and oxygen atoms in total. The fourth-order valence-corrected chi connectivity index (χ4v) is 2.61. The number of benzene rings is 2. The highest BCUT2D eigenvalue weighted by Crippen LogP contribution is 2.36. The van der Waals surface area contributed by atoms with Crippen LogP contribution in [0.4, 0.5) is 0 Å². The molecule has 0 fully saturated rings. The lowest BCUT2D eigenvalue weighted by Crippen LogP contribution is -2.30. The van der Waals surface area contributed by atoms with Gasteiger partial charge in [0.2, 0.25) is 0 Å². The molecule has 0 saturated carbocycles. The van der Waals surface area contributed by atoms with Crippen LogP contribution in [0.15, 0.2) is 36.4 Å². The van der Waals surface area contributed by atoms with Gasteiger partial charge in [0.15, 0.2) is 11.5 Å². The molecule has 0 radical (unpaired) electrons. The van der Waals surface area contributed by atoms with E-state index in [1.807, 2.05) is 0 Å². The van der Waals surface area contributed by atoms with Crippen molar-refractivity contribution in [1.29, 1.82) is 0 Å². The third kappa shape index (κ3) is 4.94. The Morgan fingerprint density at radius 3 is 2.36 bits per heavy atom. The molecule has 0 bridgehead atoms. The summed E-state index contributed by atoms with van der Waals surface area (Å²) in [4.78, 5) is 14.1. The summed E-state index contributed by atoms with van der Waals surface area (Å²) >= 11 is 12.0. The van der Waals surface area contributed by atoms with Crippen molar-refractivity contribution in [3.63, 3.8) is 0 Å². The van der Waals surface area contributed by atoms with Crippen molar-refractivity contribution < 1.29 is 19.0 Å². The minimum absolute atomic E-state index is 0.192. The van der Waals surface area contributed by atoms with Crippen molar-refractivity contribution in [2.24, 2.45) is 0 Å². The number of hydrogen-bond donors (Lipinski definition) is 0. The van der Waals surface area contributed by atoms with Gasteiger partial charge in [-0.05, 0) is 36.4 Å². The van der Waals surface area contributed by atoms with Crippen molar-refractivity contribution in [3.8, 4) is 17.2 Å². The first-order valence-corrected chi connectivity index (χ1v) is 8.27. The Kier molecular flexibility index (Phi) is 6.79. The predicted molar refractivity (Wildman–Crippen MR) is 98.5 cm³/mol. The Labute approximate surface area is 157 Å². The minimum atomic E-state index is -0.192. The molecule has 0 atom stereocenters. The molecule has 0 N–H and O–H groups in total. The quantitative estimate of drug-likeness (QED) is 0.719. The molecule has 0 spiro atoms. The van der Waals surface area contributed by atoms with Crippen molar-refractivity contribution in [2.75, 3.05) is 34.4 Å². The Bertz CT molecular complexity index is 735. The number of ether oxygens (including phenoxy) is 3.